The number of nitrogens with zero attached hydrogens (tertiary/aromatic N) is 6. The molecule has 3 aromatic heterocycles. The zero-order valence-electron chi connectivity index (χ0n) is 27.4. The van der Waals surface area contributed by atoms with Crippen LogP contribution in [0, 0.1) is 25.6 Å². The van der Waals surface area contributed by atoms with Crippen molar-refractivity contribution in [3.05, 3.63) is 41.1 Å². The van der Waals surface area contributed by atoms with Gasteiger partial charge in [0.1, 0.15) is 17.8 Å². The van der Waals surface area contributed by atoms with Gasteiger partial charge in [-0.05, 0) is 108 Å². The molecule has 0 radical (unpaired) electrons. The molecule has 0 spiro atoms. The van der Waals surface area contributed by atoms with Crippen LogP contribution in [0.4, 0.5) is 4.39 Å². The Bertz CT molecular complexity index is 1860. The van der Waals surface area contributed by atoms with E-state index in [-0.39, 0.29) is 34.9 Å². The van der Waals surface area contributed by atoms with Crippen molar-refractivity contribution in [2.75, 3.05) is 39.4 Å². The zero-order valence-corrected chi connectivity index (χ0v) is 27.4. The van der Waals surface area contributed by atoms with E-state index in [1.54, 1.807) is 6.20 Å². The third-order valence-electron chi connectivity index (χ3n) is 12.2. The number of benzene rings is 1. The summed E-state index contributed by atoms with van der Waals surface area (Å²) < 4.78 is 31.7. The number of pyridine rings is 1. The van der Waals surface area contributed by atoms with E-state index in [0.29, 0.717) is 31.6 Å². The quantitative estimate of drug-likeness (QED) is 0.297. The molecular formula is C36H44FN7O3. The summed E-state index contributed by atoms with van der Waals surface area (Å²) in [5.74, 6) is -0.350. The second-order valence-corrected chi connectivity index (χ2v) is 14.9. The molecule has 7 heterocycles. The van der Waals surface area contributed by atoms with Crippen LogP contribution in [-0.4, -0.2) is 85.8 Å². The number of rotatable bonds is 6. The molecule has 1 aliphatic carbocycles. The molecule has 4 atom stereocenters. The fourth-order valence-electron chi connectivity index (χ4n) is 9.63. The molecule has 11 heteroatoms. The van der Waals surface area contributed by atoms with E-state index in [1.165, 1.54) is 12.8 Å². The van der Waals surface area contributed by atoms with Crippen LogP contribution in [0.15, 0.2) is 18.5 Å². The molecule has 1 saturated carbocycles. The molecule has 5 fully saturated rings. The molecule has 248 valence electrons. The van der Waals surface area contributed by atoms with Crippen LogP contribution >= 0.6 is 0 Å². The highest BCUT2D eigenvalue weighted by Crippen LogP contribution is 2.48. The molecule has 4 aromatic rings. The molecule has 2 bridgehead atoms. The van der Waals surface area contributed by atoms with Crippen molar-refractivity contribution in [1.29, 1.82) is 0 Å². The highest BCUT2D eigenvalue weighted by Gasteiger charge is 2.51. The van der Waals surface area contributed by atoms with Crippen molar-refractivity contribution in [2.45, 2.75) is 94.9 Å². The predicted molar refractivity (Wildman–Crippen MR) is 176 cm³/mol. The van der Waals surface area contributed by atoms with Crippen LogP contribution in [0.3, 0.4) is 0 Å². The minimum absolute atomic E-state index is 0.00620. The fraction of sp³-hybridized carbons (Fsp3) is 0.611. The van der Waals surface area contributed by atoms with Crippen LogP contribution in [0.1, 0.15) is 80.8 Å². The number of hydrogen-bond donors (Lipinski definition) is 2. The third-order valence-corrected chi connectivity index (χ3v) is 12.2. The van der Waals surface area contributed by atoms with Crippen LogP contribution in [-0.2, 0) is 10.2 Å². The second-order valence-electron chi connectivity index (χ2n) is 14.9. The van der Waals surface area contributed by atoms with Gasteiger partial charge in [-0.3, -0.25) is 9.88 Å². The van der Waals surface area contributed by atoms with Gasteiger partial charge in [0, 0.05) is 47.6 Å². The number of hydrogen-bond acceptors (Lipinski definition) is 9. The lowest BCUT2D eigenvalue weighted by molar-refractivity contribution is -0.0366. The number of nitrogens with one attached hydrogen (secondary N) is 1. The molecule has 4 saturated heterocycles. The molecule has 0 amide bonds. The monoisotopic (exact) mass is 641 g/mol. The highest BCUT2D eigenvalue weighted by molar-refractivity contribution is 5.98. The van der Waals surface area contributed by atoms with Gasteiger partial charge in [-0.15, -0.1) is 0 Å². The molecular weight excluding hydrogens is 597 g/mol. The lowest BCUT2D eigenvalue weighted by Gasteiger charge is -2.34. The first-order chi connectivity index (χ1) is 22.9. The smallest absolute Gasteiger partial charge is 0.317 e. The summed E-state index contributed by atoms with van der Waals surface area (Å²) >= 11 is 0. The number of aliphatic hydroxyl groups is 1. The van der Waals surface area contributed by atoms with Crippen molar-refractivity contribution in [2.24, 2.45) is 5.92 Å². The van der Waals surface area contributed by atoms with E-state index in [2.05, 4.69) is 16.3 Å². The highest BCUT2D eigenvalue weighted by atomic mass is 19.1. The van der Waals surface area contributed by atoms with Crippen molar-refractivity contribution < 1.29 is 19.0 Å². The Morgan fingerprint density at radius 1 is 1.09 bits per heavy atom. The molecule has 2 N–H and O–H groups in total. The maximum absolute atomic E-state index is 17.2. The normalized spacial score (nSPS) is 28.8. The summed E-state index contributed by atoms with van der Waals surface area (Å²) in [4.78, 5) is 17.2. The van der Waals surface area contributed by atoms with Crippen molar-refractivity contribution in [3.8, 4) is 17.3 Å². The summed E-state index contributed by atoms with van der Waals surface area (Å²) in [6.45, 7) is 8.90. The van der Waals surface area contributed by atoms with Gasteiger partial charge < -0.3 is 19.9 Å². The molecule has 5 aliphatic rings. The predicted octanol–water partition coefficient (Wildman–Crippen LogP) is 5.12. The van der Waals surface area contributed by atoms with E-state index in [1.807, 2.05) is 24.7 Å². The summed E-state index contributed by atoms with van der Waals surface area (Å²) in [5, 5.41) is 20.7. The van der Waals surface area contributed by atoms with Gasteiger partial charge >= 0.3 is 6.01 Å². The number of halogens is 1. The van der Waals surface area contributed by atoms with Gasteiger partial charge in [0.25, 0.3) is 0 Å². The minimum atomic E-state index is -0.482. The number of ether oxygens (including phenoxy) is 2. The second kappa shape index (κ2) is 11.1. The SMILES string of the molecule is Cc1cc2c(cnn2C2CCCCO2)c(-c2ncc3c(C45CNCC(C4)C(O)C5)nc(OCC45CCCN4CCC5)nc3c2F)c1C. The number of piperidine rings is 1. The van der Waals surface area contributed by atoms with E-state index >= 15 is 4.39 Å². The van der Waals surface area contributed by atoms with E-state index in [9.17, 15) is 5.11 Å². The number of aliphatic hydroxyl groups excluding tert-OH is 1. The Kier molecular flexibility index (Phi) is 7.08. The van der Waals surface area contributed by atoms with E-state index in [0.717, 1.165) is 91.4 Å². The Hall–Kier alpha value is -3.25. The van der Waals surface area contributed by atoms with Crippen LogP contribution in [0.2, 0.25) is 0 Å². The van der Waals surface area contributed by atoms with Crippen LogP contribution < -0.4 is 10.1 Å². The van der Waals surface area contributed by atoms with E-state index in [4.69, 9.17) is 29.5 Å². The molecule has 4 unspecified atom stereocenters. The van der Waals surface area contributed by atoms with Crippen LogP contribution in [0.25, 0.3) is 33.1 Å². The molecule has 47 heavy (non-hydrogen) atoms. The first-order valence-electron chi connectivity index (χ1n) is 17.6. The maximum atomic E-state index is 17.2. The Morgan fingerprint density at radius 3 is 2.74 bits per heavy atom. The average molecular weight is 642 g/mol. The van der Waals surface area contributed by atoms with Gasteiger partial charge in [0.2, 0.25) is 0 Å². The molecule has 1 aromatic carbocycles. The van der Waals surface area contributed by atoms with Crippen LogP contribution in [0.5, 0.6) is 6.01 Å². The molecule has 4 aliphatic heterocycles. The molecule has 9 rings (SSSR count). The number of aryl methyl sites for hydroxylation is 1. The van der Waals surface area contributed by atoms with Gasteiger partial charge in [0.15, 0.2) is 12.0 Å². The summed E-state index contributed by atoms with van der Waals surface area (Å²) in [6, 6.07) is 2.33. The molecule has 10 nitrogen and oxygen atoms in total. The largest absolute Gasteiger partial charge is 0.461 e. The van der Waals surface area contributed by atoms with E-state index < -0.39 is 17.3 Å². The summed E-state index contributed by atoms with van der Waals surface area (Å²) in [5.41, 5.74) is 4.39. The van der Waals surface area contributed by atoms with Crippen molar-refractivity contribution in [1.82, 2.24) is 34.9 Å². The standard InChI is InChI=1S/C36H44FN7O3/c1-21-13-26-24(18-40-44(26)28-7-3-4-12-46-28)29(22(21)2)32-30(37)31-25(17-39-32)33(35-14-23(16-38-19-35)27(45)15-35)42-34(41-31)47-20-36-8-5-10-43(36)11-6-9-36/h13,17-18,23,27-28,38,45H,3-12,14-16,19-20H2,1-2H3. The number of fused-ring (bicyclic) bond motifs is 5. The zero-order chi connectivity index (χ0) is 31.9. The lowest BCUT2D eigenvalue weighted by Crippen LogP contribution is -2.44. The number of aromatic nitrogens is 5. The fourth-order valence-corrected chi connectivity index (χ4v) is 9.63. The van der Waals surface area contributed by atoms with Gasteiger partial charge in [-0.1, -0.05) is 0 Å². The Morgan fingerprint density at radius 2 is 1.94 bits per heavy atom. The van der Waals surface area contributed by atoms with Gasteiger partial charge in [-0.2, -0.15) is 15.1 Å². The third kappa shape index (κ3) is 4.64. The Balaban J connectivity index is 1.19. The van der Waals surface area contributed by atoms with Gasteiger partial charge in [0.05, 0.1) is 29.1 Å². The first kappa shape index (κ1) is 29.9. The average Bonchev–Trinajstić information content (AvgIpc) is 3.84. The first-order valence-corrected chi connectivity index (χ1v) is 17.6. The topological polar surface area (TPSA) is 110 Å². The maximum Gasteiger partial charge on any atom is 0.317 e. The summed E-state index contributed by atoms with van der Waals surface area (Å²) in [7, 11) is 0. The lowest BCUT2D eigenvalue weighted by atomic mass is 9.78. The van der Waals surface area contributed by atoms with Gasteiger partial charge in [-0.25, -0.2) is 9.07 Å². The van der Waals surface area contributed by atoms with Crippen molar-refractivity contribution in [3.63, 3.8) is 0 Å². The minimum Gasteiger partial charge on any atom is -0.461 e. The summed E-state index contributed by atoms with van der Waals surface area (Å²) in [6.07, 6.45) is 11.9. The Labute approximate surface area is 274 Å². The van der Waals surface area contributed by atoms with Crippen molar-refractivity contribution >= 4 is 21.8 Å².